The number of benzene rings is 1. The SMILES string of the molecule is COC(=O)c1cc([N+](=O)[O-])cc(C=CCC(=O)O)c1C. The zero-order valence-corrected chi connectivity index (χ0v) is 11.0. The number of hydrogen-bond acceptors (Lipinski definition) is 5. The number of carbonyl (C=O) groups is 2. The number of hydrogen-bond donors (Lipinski definition) is 1. The minimum atomic E-state index is -1.02. The topological polar surface area (TPSA) is 107 Å². The number of carbonyl (C=O) groups excluding carboxylic acids is 1. The maximum absolute atomic E-state index is 11.6. The molecule has 7 heteroatoms. The van der Waals surface area contributed by atoms with E-state index < -0.39 is 16.9 Å². The highest BCUT2D eigenvalue weighted by Gasteiger charge is 2.18. The molecule has 0 fully saturated rings. The summed E-state index contributed by atoms with van der Waals surface area (Å²) >= 11 is 0. The first-order valence-corrected chi connectivity index (χ1v) is 5.62. The van der Waals surface area contributed by atoms with E-state index in [0.29, 0.717) is 11.1 Å². The van der Waals surface area contributed by atoms with E-state index in [-0.39, 0.29) is 17.7 Å². The Bertz CT molecular complexity index is 591. The molecule has 0 aromatic heterocycles. The molecule has 1 rings (SSSR count). The van der Waals surface area contributed by atoms with Crippen LogP contribution in [0.25, 0.3) is 6.08 Å². The normalized spacial score (nSPS) is 10.5. The molecule has 1 N–H and O–H groups in total. The molecule has 20 heavy (non-hydrogen) atoms. The number of methoxy groups -OCH3 is 1. The molecule has 0 saturated heterocycles. The maximum atomic E-state index is 11.6. The van der Waals surface area contributed by atoms with Gasteiger partial charge in [0.2, 0.25) is 0 Å². The van der Waals surface area contributed by atoms with Crippen molar-refractivity contribution >= 4 is 23.7 Å². The molecule has 1 aromatic carbocycles. The Kier molecular flexibility index (Phi) is 4.96. The van der Waals surface area contributed by atoms with Gasteiger partial charge in [0, 0.05) is 12.1 Å². The van der Waals surface area contributed by atoms with Crippen LogP contribution in [-0.4, -0.2) is 29.1 Å². The lowest BCUT2D eigenvalue weighted by molar-refractivity contribution is -0.384. The number of carboxylic acid groups (broad SMARTS) is 1. The Hall–Kier alpha value is -2.70. The molecule has 0 unspecified atom stereocenters. The van der Waals surface area contributed by atoms with E-state index in [9.17, 15) is 19.7 Å². The molecular formula is C13H13NO6. The van der Waals surface area contributed by atoms with Crippen molar-refractivity contribution in [1.29, 1.82) is 0 Å². The van der Waals surface area contributed by atoms with Crippen molar-refractivity contribution in [2.24, 2.45) is 0 Å². The minimum Gasteiger partial charge on any atom is -0.481 e. The van der Waals surface area contributed by atoms with E-state index in [0.717, 1.165) is 6.07 Å². The van der Waals surface area contributed by atoms with Gasteiger partial charge in [-0.05, 0) is 18.1 Å². The van der Waals surface area contributed by atoms with E-state index in [2.05, 4.69) is 4.74 Å². The molecular weight excluding hydrogens is 266 g/mol. The van der Waals surface area contributed by atoms with Gasteiger partial charge in [0.25, 0.3) is 5.69 Å². The lowest BCUT2D eigenvalue weighted by atomic mass is 10.0. The summed E-state index contributed by atoms with van der Waals surface area (Å²) in [4.78, 5) is 32.2. The Labute approximate surface area is 114 Å². The predicted molar refractivity (Wildman–Crippen MR) is 70.5 cm³/mol. The summed E-state index contributed by atoms with van der Waals surface area (Å²) < 4.78 is 4.57. The van der Waals surface area contributed by atoms with Gasteiger partial charge in [-0.3, -0.25) is 14.9 Å². The van der Waals surface area contributed by atoms with Crippen LogP contribution in [0.15, 0.2) is 18.2 Å². The second-order valence-electron chi connectivity index (χ2n) is 3.96. The Balaban J connectivity index is 3.31. The van der Waals surface area contributed by atoms with E-state index in [4.69, 9.17) is 5.11 Å². The van der Waals surface area contributed by atoms with Gasteiger partial charge in [-0.2, -0.15) is 0 Å². The molecule has 0 atom stereocenters. The first-order chi connectivity index (χ1) is 9.36. The number of rotatable bonds is 5. The average molecular weight is 279 g/mol. The number of non-ortho nitro benzene ring substituents is 1. The van der Waals surface area contributed by atoms with Gasteiger partial charge in [0.05, 0.1) is 24.0 Å². The number of aliphatic carboxylic acids is 1. The first-order valence-electron chi connectivity index (χ1n) is 5.62. The van der Waals surface area contributed by atoms with Crippen LogP contribution in [0, 0.1) is 17.0 Å². The van der Waals surface area contributed by atoms with Gasteiger partial charge in [0.15, 0.2) is 0 Å². The summed E-state index contributed by atoms with van der Waals surface area (Å²) in [5.74, 6) is -1.70. The zero-order valence-electron chi connectivity index (χ0n) is 11.0. The van der Waals surface area contributed by atoms with Gasteiger partial charge in [-0.25, -0.2) is 4.79 Å². The van der Waals surface area contributed by atoms with E-state index in [1.165, 1.54) is 25.3 Å². The van der Waals surface area contributed by atoms with Crippen molar-refractivity contribution in [2.45, 2.75) is 13.3 Å². The second-order valence-corrected chi connectivity index (χ2v) is 3.96. The molecule has 106 valence electrons. The fraction of sp³-hybridized carbons (Fsp3) is 0.231. The van der Waals surface area contributed by atoms with Crippen LogP contribution in [0.2, 0.25) is 0 Å². The number of ether oxygens (including phenoxy) is 1. The van der Waals surface area contributed by atoms with Crippen LogP contribution in [0.4, 0.5) is 5.69 Å². The third-order valence-corrected chi connectivity index (χ3v) is 2.64. The van der Waals surface area contributed by atoms with Crippen LogP contribution >= 0.6 is 0 Å². The lowest BCUT2D eigenvalue weighted by Crippen LogP contribution is -2.06. The van der Waals surface area contributed by atoms with Gasteiger partial charge in [0.1, 0.15) is 0 Å². The Morgan fingerprint density at radius 2 is 2.10 bits per heavy atom. The molecule has 0 aliphatic rings. The monoisotopic (exact) mass is 279 g/mol. The summed E-state index contributed by atoms with van der Waals surface area (Å²) in [5.41, 5.74) is 0.715. The number of carboxylic acids is 1. The van der Waals surface area contributed by atoms with Crippen LogP contribution in [0.5, 0.6) is 0 Å². The van der Waals surface area contributed by atoms with Gasteiger partial charge < -0.3 is 9.84 Å². The summed E-state index contributed by atoms with van der Waals surface area (Å²) in [5, 5.41) is 19.4. The summed E-state index contributed by atoms with van der Waals surface area (Å²) in [6, 6.07) is 2.41. The minimum absolute atomic E-state index is 0.0803. The maximum Gasteiger partial charge on any atom is 0.338 e. The van der Waals surface area contributed by atoms with Crippen molar-refractivity contribution in [2.75, 3.05) is 7.11 Å². The standard InChI is InChI=1S/C13H13NO6/c1-8-9(4-3-5-12(15)16)6-10(14(18)19)7-11(8)13(17)20-2/h3-4,6-7H,5H2,1-2H3,(H,15,16). The fourth-order valence-electron chi connectivity index (χ4n) is 1.61. The number of nitrogens with zero attached hydrogens (tertiary/aromatic N) is 1. The molecule has 0 spiro atoms. The average Bonchev–Trinajstić information content (AvgIpc) is 2.39. The molecule has 1 aromatic rings. The number of nitro groups is 1. The van der Waals surface area contributed by atoms with Crippen molar-refractivity contribution < 1.29 is 24.4 Å². The van der Waals surface area contributed by atoms with Crippen molar-refractivity contribution in [3.63, 3.8) is 0 Å². The van der Waals surface area contributed by atoms with Crippen molar-refractivity contribution in [1.82, 2.24) is 0 Å². The lowest BCUT2D eigenvalue weighted by Gasteiger charge is -2.07. The quantitative estimate of drug-likeness (QED) is 0.503. The molecule has 0 radical (unpaired) electrons. The van der Waals surface area contributed by atoms with Gasteiger partial charge >= 0.3 is 11.9 Å². The van der Waals surface area contributed by atoms with E-state index >= 15 is 0 Å². The largest absolute Gasteiger partial charge is 0.481 e. The van der Waals surface area contributed by atoms with Crippen LogP contribution in [0.3, 0.4) is 0 Å². The number of esters is 1. The Morgan fingerprint density at radius 3 is 2.60 bits per heavy atom. The van der Waals surface area contributed by atoms with Crippen molar-refractivity contribution in [3.05, 3.63) is 45.0 Å². The third kappa shape index (κ3) is 3.64. The van der Waals surface area contributed by atoms with Gasteiger partial charge in [-0.1, -0.05) is 12.2 Å². The number of nitro benzene ring substituents is 1. The van der Waals surface area contributed by atoms with E-state index in [1.807, 2.05) is 0 Å². The fourth-order valence-corrected chi connectivity index (χ4v) is 1.61. The predicted octanol–water partition coefficient (Wildman–Crippen LogP) is 2.18. The third-order valence-electron chi connectivity index (χ3n) is 2.64. The molecule has 0 saturated carbocycles. The molecule has 0 aliphatic carbocycles. The highest BCUT2D eigenvalue weighted by molar-refractivity contribution is 5.93. The molecule has 0 aliphatic heterocycles. The van der Waals surface area contributed by atoms with Crippen LogP contribution in [-0.2, 0) is 9.53 Å². The van der Waals surface area contributed by atoms with E-state index in [1.54, 1.807) is 6.92 Å². The Morgan fingerprint density at radius 1 is 1.45 bits per heavy atom. The van der Waals surface area contributed by atoms with Crippen LogP contribution < -0.4 is 0 Å². The highest BCUT2D eigenvalue weighted by atomic mass is 16.6. The second kappa shape index (κ2) is 6.46. The molecule has 0 heterocycles. The molecule has 0 amide bonds. The summed E-state index contributed by atoms with van der Waals surface area (Å²) in [7, 11) is 1.18. The highest BCUT2D eigenvalue weighted by Crippen LogP contribution is 2.24. The summed E-state index contributed by atoms with van der Waals surface area (Å²) in [6.45, 7) is 1.61. The summed E-state index contributed by atoms with van der Waals surface area (Å²) in [6.07, 6.45) is 2.58. The van der Waals surface area contributed by atoms with Crippen molar-refractivity contribution in [3.8, 4) is 0 Å². The van der Waals surface area contributed by atoms with Gasteiger partial charge in [-0.15, -0.1) is 0 Å². The molecule has 7 nitrogen and oxygen atoms in total. The van der Waals surface area contributed by atoms with Crippen LogP contribution in [0.1, 0.15) is 27.9 Å². The first kappa shape index (κ1) is 15.4. The zero-order chi connectivity index (χ0) is 15.3. The smallest absolute Gasteiger partial charge is 0.338 e. The molecule has 0 bridgehead atoms.